The fourth-order valence-electron chi connectivity index (χ4n) is 13.0. The van der Waals surface area contributed by atoms with Crippen molar-refractivity contribution in [3.8, 4) is 33.4 Å². The molecule has 2 heterocycles. The summed E-state index contributed by atoms with van der Waals surface area (Å²) >= 11 is 3.72. The lowest BCUT2D eigenvalue weighted by Crippen LogP contribution is -2.12. The minimum atomic E-state index is 0. The second-order valence-electron chi connectivity index (χ2n) is 23.7. The molecule has 4 nitrogen and oxygen atoms in total. The first kappa shape index (κ1) is 61.1. The largest absolute Gasteiger partial charge is 0.311 e. The monoisotopic (exact) mass is 1280 g/mol. The summed E-state index contributed by atoms with van der Waals surface area (Å²) in [5.74, 6) is 0. The van der Waals surface area contributed by atoms with Crippen LogP contribution in [0.1, 0.15) is 7.43 Å². The highest BCUT2D eigenvalue weighted by atomic mass is 32.1. The Hall–Kier alpha value is -12.1. The van der Waals surface area contributed by atoms with Crippen molar-refractivity contribution in [1.82, 2.24) is 0 Å². The van der Waals surface area contributed by atoms with E-state index in [0.717, 1.165) is 68.2 Å². The highest BCUT2D eigenvalue weighted by molar-refractivity contribution is 7.26. The average Bonchev–Trinajstić information content (AvgIpc) is 1.65. The number of hydrogen-bond donors (Lipinski definition) is 0. The van der Waals surface area contributed by atoms with Crippen LogP contribution in [0.15, 0.2) is 388 Å². The normalized spacial score (nSPS) is 11.0. The molecule has 0 N–H and O–H groups in total. The first-order valence-corrected chi connectivity index (χ1v) is 34.1. The van der Waals surface area contributed by atoms with Gasteiger partial charge in [-0.2, -0.15) is 0 Å². The third-order valence-electron chi connectivity index (χ3n) is 17.7. The third kappa shape index (κ3) is 12.8. The molecule has 0 saturated heterocycles. The zero-order valence-corrected chi connectivity index (χ0v) is 54.2. The first-order valence-electron chi connectivity index (χ1n) is 32.5. The lowest BCUT2D eigenvalue weighted by atomic mass is 9.99. The molecule has 464 valence electrons. The number of thiophene rings is 2. The van der Waals surface area contributed by atoms with Crippen LogP contribution in [0, 0.1) is 0 Å². The topological polar surface area (TPSA) is 13.0 Å². The number of rotatable bonds is 15. The summed E-state index contributed by atoms with van der Waals surface area (Å²) in [4.78, 5) is 9.21. The fraction of sp³-hybridized carbons (Fsp3) is 0.0110. The van der Waals surface area contributed by atoms with E-state index < -0.39 is 0 Å². The summed E-state index contributed by atoms with van der Waals surface area (Å²) in [5.41, 5.74) is 20.8. The SMILES string of the molecule is C.c1ccc(N(c2ccccc2)c2ccc(-c3ccc4sc5ccc(-c6ccc(N(c7ccccc7)c7ccccc7)cc6)cc5c4c3)cc2)cc1.c1ccc(N(c2ccccc2)c2ccc(N(c3ccccc3)c3ccc(-c4ccc5sc6ccccc6c5c4)cc3)cc2)cc1. The van der Waals surface area contributed by atoms with Gasteiger partial charge in [0.05, 0.1) is 0 Å². The number of anilines is 12. The molecular formula is C91H68N4S2. The van der Waals surface area contributed by atoms with E-state index in [1.807, 2.05) is 22.7 Å². The summed E-state index contributed by atoms with van der Waals surface area (Å²) in [6.07, 6.45) is 0. The molecule has 0 atom stereocenters. The maximum atomic E-state index is 2.36. The molecule has 0 bridgehead atoms. The van der Waals surface area contributed by atoms with E-state index in [4.69, 9.17) is 0 Å². The van der Waals surface area contributed by atoms with Crippen molar-refractivity contribution in [1.29, 1.82) is 0 Å². The van der Waals surface area contributed by atoms with Crippen molar-refractivity contribution >= 4 is 131 Å². The van der Waals surface area contributed by atoms with Gasteiger partial charge in [-0.15, -0.1) is 22.7 Å². The van der Waals surface area contributed by atoms with Crippen LogP contribution >= 0.6 is 22.7 Å². The van der Waals surface area contributed by atoms with Gasteiger partial charge in [0.1, 0.15) is 0 Å². The van der Waals surface area contributed by atoms with Crippen LogP contribution in [0.5, 0.6) is 0 Å². The summed E-state index contributed by atoms with van der Waals surface area (Å²) in [5, 5.41) is 5.24. The van der Waals surface area contributed by atoms with Crippen molar-refractivity contribution in [2.24, 2.45) is 0 Å². The van der Waals surface area contributed by atoms with Gasteiger partial charge in [-0.3, -0.25) is 0 Å². The minimum absolute atomic E-state index is 0. The number of para-hydroxylation sites is 7. The number of hydrogen-bond acceptors (Lipinski definition) is 6. The first-order chi connectivity index (χ1) is 47.6. The second-order valence-corrected chi connectivity index (χ2v) is 25.8. The van der Waals surface area contributed by atoms with E-state index in [0.29, 0.717) is 0 Å². The van der Waals surface area contributed by atoms with E-state index in [-0.39, 0.29) is 7.43 Å². The highest BCUT2D eigenvalue weighted by Gasteiger charge is 2.19. The molecule has 0 spiro atoms. The third-order valence-corrected chi connectivity index (χ3v) is 20.0. The van der Waals surface area contributed by atoms with Crippen LogP contribution in [0.4, 0.5) is 68.2 Å². The maximum Gasteiger partial charge on any atom is 0.0463 e. The van der Waals surface area contributed by atoms with E-state index in [1.165, 1.54) is 73.7 Å². The van der Waals surface area contributed by atoms with Gasteiger partial charge in [-0.05, 0) is 221 Å². The Morgan fingerprint density at radius 3 is 0.567 bits per heavy atom. The van der Waals surface area contributed by atoms with Gasteiger partial charge >= 0.3 is 0 Å². The Morgan fingerprint density at radius 1 is 0.144 bits per heavy atom. The van der Waals surface area contributed by atoms with Crippen molar-refractivity contribution in [3.05, 3.63) is 388 Å². The molecule has 17 rings (SSSR count). The summed E-state index contributed by atoms with van der Waals surface area (Å²) in [6.45, 7) is 0. The zero-order valence-electron chi connectivity index (χ0n) is 52.6. The molecule has 0 amide bonds. The average molecular weight is 1280 g/mol. The minimum Gasteiger partial charge on any atom is -0.311 e. The zero-order chi connectivity index (χ0) is 64.0. The van der Waals surface area contributed by atoms with Crippen LogP contribution in [-0.4, -0.2) is 0 Å². The Kier molecular flexibility index (Phi) is 17.6. The quantitative estimate of drug-likeness (QED) is 0.101. The van der Waals surface area contributed by atoms with Crippen molar-refractivity contribution in [2.45, 2.75) is 7.43 Å². The number of fused-ring (bicyclic) bond motifs is 6. The van der Waals surface area contributed by atoms with Crippen molar-refractivity contribution in [2.75, 3.05) is 19.6 Å². The summed E-state index contributed by atoms with van der Waals surface area (Å²) < 4.78 is 5.27. The Labute approximate surface area is 576 Å². The van der Waals surface area contributed by atoms with Gasteiger partial charge in [-0.1, -0.05) is 208 Å². The van der Waals surface area contributed by atoms with Crippen LogP contribution in [-0.2, 0) is 0 Å². The van der Waals surface area contributed by atoms with E-state index in [9.17, 15) is 0 Å². The fourth-order valence-corrected chi connectivity index (χ4v) is 15.2. The lowest BCUT2D eigenvalue weighted by molar-refractivity contribution is 1.26. The Balaban J connectivity index is 0.000000158. The van der Waals surface area contributed by atoms with Gasteiger partial charge in [0.15, 0.2) is 0 Å². The van der Waals surface area contributed by atoms with Gasteiger partial charge < -0.3 is 19.6 Å². The lowest BCUT2D eigenvalue weighted by Gasteiger charge is -2.28. The van der Waals surface area contributed by atoms with Gasteiger partial charge in [-0.25, -0.2) is 0 Å². The molecule has 15 aromatic carbocycles. The van der Waals surface area contributed by atoms with Gasteiger partial charge in [0, 0.05) is 109 Å². The summed E-state index contributed by atoms with van der Waals surface area (Å²) in [6, 6.07) is 139. The Bertz CT molecular complexity index is 5120. The van der Waals surface area contributed by atoms with Crippen LogP contribution in [0.2, 0.25) is 0 Å². The molecule has 0 aliphatic heterocycles. The van der Waals surface area contributed by atoms with Gasteiger partial charge in [0.25, 0.3) is 0 Å². The standard InChI is InChI=1S/C48H34N2S.C42H30N2S.CH4/c1-5-13-39(14-6-1)49(40-15-7-2-8-16-40)43-27-21-35(22-28-43)37-25-31-47-45(33-37)46-34-38(26-32-48(46)51-47)36-23-29-44(30-24-36)50(41-17-9-3-10-18-41)42-19-11-4-12-20-42;1-4-12-33(13-5-1)43(34-14-6-2-7-15-34)37-25-27-38(28-26-37)44(35-16-8-3-9-17-35)36-23-20-31(21-24-36)32-22-29-42-40(30-32)39-18-10-11-19-41(39)45-42;/h1-34H;1-30H;1H4. The molecule has 0 aliphatic carbocycles. The van der Waals surface area contributed by atoms with Crippen LogP contribution < -0.4 is 19.6 Å². The molecule has 0 aliphatic rings. The van der Waals surface area contributed by atoms with Crippen LogP contribution in [0.3, 0.4) is 0 Å². The van der Waals surface area contributed by atoms with Crippen molar-refractivity contribution < 1.29 is 0 Å². The maximum absolute atomic E-state index is 2.36. The molecule has 2 aromatic heterocycles. The molecule has 0 saturated carbocycles. The summed E-state index contributed by atoms with van der Waals surface area (Å²) in [7, 11) is 0. The molecular weight excluding hydrogens is 1210 g/mol. The molecule has 0 fully saturated rings. The number of benzene rings is 15. The van der Waals surface area contributed by atoms with Crippen LogP contribution in [0.25, 0.3) is 73.7 Å². The van der Waals surface area contributed by atoms with E-state index >= 15 is 0 Å². The molecule has 17 aromatic rings. The van der Waals surface area contributed by atoms with E-state index in [1.54, 1.807) is 0 Å². The molecule has 6 heteroatoms. The van der Waals surface area contributed by atoms with Gasteiger partial charge in [0.2, 0.25) is 0 Å². The predicted octanol–water partition coefficient (Wildman–Crippen LogP) is 27.6. The molecule has 0 radical (unpaired) electrons. The smallest absolute Gasteiger partial charge is 0.0463 e. The molecule has 97 heavy (non-hydrogen) atoms. The molecule has 0 unspecified atom stereocenters. The number of nitrogens with zero attached hydrogens (tertiary/aromatic N) is 4. The second kappa shape index (κ2) is 27.9. The van der Waals surface area contributed by atoms with E-state index in [2.05, 4.69) is 408 Å². The Morgan fingerprint density at radius 2 is 0.320 bits per heavy atom. The predicted molar refractivity (Wildman–Crippen MR) is 420 cm³/mol. The highest BCUT2D eigenvalue weighted by Crippen LogP contribution is 2.44. The van der Waals surface area contributed by atoms with Crippen molar-refractivity contribution in [3.63, 3.8) is 0 Å².